The second-order valence-corrected chi connectivity index (χ2v) is 8.18. The molecule has 5 rings (SSSR count). The van der Waals surface area contributed by atoms with E-state index in [0.29, 0.717) is 22.5 Å². The molecular weight excluding hydrogens is 430 g/mol. The Hall–Kier alpha value is -4.72. The Labute approximate surface area is 195 Å². The van der Waals surface area contributed by atoms with E-state index in [9.17, 15) is 14.4 Å². The van der Waals surface area contributed by atoms with Gasteiger partial charge >= 0.3 is 0 Å². The molecule has 0 aliphatic carbocycles. The summed E-state index contributed by atoms with van der Waals surface area (Å²) in [5.41, 5.74) is 9.49. The molecule has 1 aliphatic heterocycles. The zero-order chi connectivity index (χ0) is 24.0. The van der Waals surface area contributed by atoms with Crippen molar-refractivity contribution in [3.05, 3.63) is 88.6 Å². The number of hydrogen-bond donors (Lipinski definition) is 2. The number of para-hydroxylation sites is 1. The van der Waals surface area contributed by atoms with Gasteiger partial charge in [-0.15, -0.1) is 0 Å². The molecule has 2 heterocycles. The number of nitrogens with zero attached hydrogens (tertiary/aromatic N) is 3. The van der Waals surface area contributed by atoms with Crippen LogP contribution in [0.3, 0.4) is 0 Å². The third-order valence-corrected chi connectivity index (χ3v) is 5.79. The molecule has 1 aromatic heterocycles. The smallest absolute Gasteiger partial charge is 0.268 e. The average Bonchev–Trinajstić information content (AvgIpc) is 3.36. The fraction of sp³-hybridized carbons (Fsp3) is 0.0769. The number of nitrogen functional groups attached to an aromatic ring is 1. The first-order chi connectivity index (χ1) is 16.4. The van der Waals surface area contributed by atoms with Gasteiger partial charge in [-0.2, -0.15) is 5.10 Å². The molecule has 0 unspecified atom stereocenters. The molecule has 3 aromatic carbocycles. The van der Waals surface area contributed by atoms with E-state index in [1.54, 1.807) is 62.6 Å². The van der Waals surface area contributed by atoms with E-state index in [4.69, 9.17) is 5.73 Å². The molecule has 0 saturated heterocycles. The second kappa shape index (κ2) is 8.00. The number of aromatic nitrogens is 2. The summed E-state index contributed by atoms with van der Waals surface area (Å²) in [6.45, 7) is 0. The highest BCUT2D eigenvalue weighted by Crippen LogP contribution is 2.35. The Bertz CT molecular complexity index is 1520. The molecule has 0 spiro atoms. The number of amides is 3. The van der Waals surface area contributed by atoms with Gasteiger partial charge in [0.2, 0.25) is 0 Å². The minimum absolute atomic E-state index is 0.171. The van der Waals surface area contributed by atoms with Crippen LogP contribution in [0.1, 0.15) is 42.3 Å². The van der Waals surface area contributed by atoms with Crippen molar-refractivity contribution in [3.8, 4) is 0 Å². The van der Waals surface area contributed by atoms with Crippen molar-refractivity contribution < 1.29 is 14.4 Å². The summed E-state index contributed by atoms with van der Waals surface area (Å²) < 4.78 is 0. The molecule has 0 atom stereocenters. The third kappa shape index (κ3) is 3.32. The van der Waals surface area contributed by atoms with Crippen LogP contribution in [0, 0.1) is 0 Å². The molecular formula is C26H21N5O3. The van der Waals surface area contributed by atoms with Gasteiger partial charge in [-0.05, 0) is 42.0 Å². The van der Waals surface area contributed by atoms with Gasteiger partial charge in [0.05, 0.1) is 28.0 Å². The lowest BCUT2D eigenvalue weighted by molar-refractivity contribution is 0.0825. The Morgan fingerprint density at radius 3 is 2.56 bits per heavy atom. The van der Waals surface area contributed by atoms with Crippen molar-refractivity contribution in [2.24, 2.45) is 0 Å². The SMILES string of the molecule is CN(C)C(=O)c1ccc(C=Cc2n[nH]c3ccccc23)c(N2C(=O)c3cccc(N)c3C2=O)c1. The van der Waals surface area contributed by atoms with Crippen LogP contribution in [0.15, 0.2) is 60.7 Å². The van der Waals surface area contributed by atoms with Crippen LogP contribution in [-0.2, 0) is 0 Å². The van der Waals surface area contributed by atoms with Crippen molar-refractivity contribution in [1.29, 1.82) is 0 Å². The summed E-state index contributed by atoms with van der Waals surface area (Å²) in [6, 6.07) is 17.5. The van der Waals surface area contributed by atoms with Crippen LogP contribution < -0.4 is 10.6 Å². The monoisotopic (exact) mass is 451 g/mol. The molecule has 8 nitrogen and oxygen atoms in total. The summed E-state index contributed by atoms with van der Waals surface area (Å²) in [5, 5.41) is 8.26. The maximum atomic E-state index is 13.3. The first kappa shape index (κ1) is 21.1. The number of nitrogens with two attached hydrogens (primary N) is 1. The third-order valence-electron chi connectivity index (χ3n) is 5.79. The topological polar surface area (TPSA) is 112 Å². The molecule has 0 bridgehead atoms. The highest BCUT2D eigenvalue weighted by Gasteiger charge is 2.39. The molecule has 1 aliphatic rings. The van der Waals surface area contributed by atoms with Crippen molar-refractivity contribution in [3.63, 3.8) is 0 Å². The molecule has 3 N–H and O–H groups in total. The van der Waals surface area contributed by atoms with Gasteiger partial charge < -0.3 is 10.6 Å². The van der Waals surface area contributed by atoms with Crippen LogP contribution in [0.2, 0.25) is 0 Å². The highest BCUT2D eigenvalue weighted by molar-refractivity contribution is 6.36. The lowest BCUT2D eigenvalue weighted by Crippen LogP contribution is -2.31. The van der Waals surface area contributed by atoms with Crippen LogP contribution >= 0.6 is 0 Å². The van der Waals surface area contributed by atoms with Crippen LogP contribution in [0.5, 0.6) is 0 Å². The first-order valence-electron chi connectivity index (χ1n) is 10.6. The number of imide groups is 1. The normalized spacial score (nSPS) is 13.2. The Morgan fingerprint density at radius 1 is 1.00 bits per heavy atom. The van der Waals surface area contributed by atoms with Crippen molar-refractivity contribution in [1.82, 2.24) is 15.1 Å². The molecule has 34 heavy (non-hydrogen) atoms. The standard InChI is InChI=1S/C26H21N5O3/c1-30(2)24(32)16-11-10-15(12-13-21-17-6-3-4-9-20(17)28-29-21)22(14-16)31-25(33)18-7-5-8-19(27)23(18)26(31)34/h3-14H,27H2,1-2H3,(H,28,29). The predicted molar refractivity (Wildman–Crippen MR) is 131 cm³/mol. The van der Waals surface area contributed by atoms with Gasteiger partial charge in [0, 0.05) is 30.7 Å². The Kier molecular flexibility index (Phi) is 4.98. The van der Waals surface area contributed by atoms with E-state index in [2.05, 4.69) is 10.2 Å². The summed E-state index contributed by atoms with van der Waals surface area (Å²) >= 11 is 0. The number of carbonyl (C=O) groups excluding carboxylic acids is 3. The summed E-state index contributed by atoms with van der Waals surface area (Å²) in [5.74, 6) is -1.25. The van der Waals surface area contributed by atoms with Crippen LogP contribution in [0.25, 0.3) is 23.1 Å². The zero-order valence-electron chi connectivity index (χ0n) is 18.6. The second-order valence-electron chi connectivity index (χ2n) is 8.18. The van der Waals surface area contributed by atoms with Gasteiger partial charge in [0.25, 0.3) is 17.7 Å². The van der Waals surface area contributed by atoms with E-state index in [1.807, 2.05) is 24.3 Å². The van der Waals surface area contributed by atoms with E-state index < -0.39 is 11.8 Å². The summed E-state index contributed by atoms with van der Waals surface area (Å²) in [4.78, 5) is 41.7. The highest BCUT2D eigenvalue weighted by atomic mass is 16.2. The van der Waals surface area contributed by atoms with E-state index in [0.717, 1.165) is 15.8 Å². The first-order valence-corrected chi connectivity index (χ1v) is 10.6. The van der Waals surface area contributed by atoms with E-state index >= 15 is 0 Å². The number of hydrogen-bond acceptors (Lipinski definition) is 5. The number of H-pyrrole nitrogens is 1. The number of aromatic amines is 1. The van der Waals surface area contributed by atoms with Gasteiger partial charge in [-0.25, -0.2) is 4.90 Å². The molecule has 0 fully saturated rings. The number of anilines is 2. The van der Waals surface area contributed by atoms with Crippen molar-refractivity contribution >= 4 is 52.2 Å². The number of benzene rings is 3. The average molecular weight is 451 g/mol. The van der Waals surface area contributed by atoms with Crippen LogP contribution in [0.4, 0.5) is 11.4 Å². The molecule has 168 valence electrons. The number of fused-ring (bicyclic) bond motifs is 2. The lowest BCUT2D eigenvalue weighted by Gasteiger charge is -2.19. The van der Waals surface area contributed by atoms with E-state index in [-0.39, 0.29) is 22.7 Å². The maximum absolute atomic E-state index is 13.3. The van der Waals surface area contributed by atoms with Gasteiger partial charge in [0.1, 0.15) is 0 Å². The molecule has 4 aromatic rings. The summed E-state index contributed by atoms with van der Waals surface area (Å²) in [7, 11) is 3.28. The van der Waals surface area contributed by atoms with Crippen molar-refractivity contribution in [2.75, 3.05) is 24.7 Å². The number of rotatable bonds is 4. The van der Waals surface area contributed by atoms with Crippen LogP contribution in [-0.4, -0.2) is 46.9 Å². The molecule has 0 radical (unpaired) electrons. The minimum atomic E-state index is -0.521. The quantitative estimate of drug-likeness (QED) is 0.362. The lowest BCUT2D eigenvalue weighted by atomic mass is 10.1. The maximum Gasteiger partial charge on any atom is 0.268 e. The van der Waals surface area contributed by atoms with Gasteiger partial charge in [0.15, 0.2) is 0 Å². The van der Waals surface area contributed by atoms with Crippen molar-refractivity contribution in [2.45, 2.75) is 0 Å². The minimum Gasteiger partial charge on any atom is -0.398 e. The number of carbonyl (C=O) groups is 3. The fourth-order valence-electron chi connectivity index (χ4n) is 4.08. The molecule has 8 heteroatoms. The predicted octanol–water partition coefficient (Wildman–Crippen LogP) is 3.82. The van der Waals surface area contributed by atoms with Gasteiger partial charge in [-0.3, -0.25) is 19.5 Å². The molecule has 0 saturated carbocycles. The Morgan fingerprint density at radius 2 is 1.79 bits per heavy atom. The largest absolute Gasteiger partial charge is 0.398 e. The zero-order valence-corrected chi connectivity index (χ0v) is 18.6. The number of nitrogens with one attached hydrogen (secondary N) is 1. The van der Waals surface area contributed by atoms with E-state index in [1.165, 1.54) is 4.90 Å². The fourth-order valence-corrected chi connectivity index (χ4v) is 4.08. The Balaban J connectivity index is 1.63. The van der Waals surface area contributed by atoms with Gasteiger partial charge in [-0.1, -0.05) is 36.4 Å². The molecule has 3 amide bonds. The summed E-state index contributed by atoms with van der Waals surface area (Å²) in [6.07, 6.45) is 3.58.